The van der Waals surface area contributed by atoms with Crippen LogP contribution in [0.4, 0.5) is 15.8 Å². The standard InChI is InChI=1S/C15H21FN4O/c1-10(2)14(17)15(21)19-11-3-4-13(12(16)9-11)20-7-5-18-6-8-20/h3-5,7,9-10,14,18H,6,8,17H2,1-2H3,(H,19,21)/t14-/m1/s1. The Morgan fingerprint density at radius 1 is 1.48 bits per heavy atom. The van der Waals surface area contributed by atoms with Crippen molar-refractivity contribution in [2.45, 2.75) is 19.9 Å². The first-order chi connectivity index (χ1) is 9.99. The van der Waals surface area contributed by atoms with Gasteiger partial charge in [-0.25, -0.2) is 4.39 Å². The molecule has 0 saturated heterocycles. The quantitative estimate of drug-likeness (QED) is 0.789. The van der Waals surface area contributed by atoms with E-state index in [2.05, 4.69) is 10.6 Å². The Bertz CT molecular complexity index is 544. The Balaban J connectivity index is 2.10. The SMILES string of the molecule is CC(C)[C@@H](N)C(=O)Nc1ccc(N2C=CNCC2)c(F)c1. The number of halogens is 1. The van der Waals surface area contributed by atoms with Crippen molar-refractivity contribution < 1.29 is 9.18 Å². The van der Waals surface area contributed by atoms with Crippen LogP contribution in [0.15, 0.2) is 30.6 Å². The Hall–Kier alpha value is -2.08. The fourth-order valence-corrected chi connectivity index (χ4v) is 2.03. The van der Waals surface area contributed by atoms with E-state index in [4.69, 9.17) is 5.73 Å². The maximum absolute atomic E-state index is 14.2. The Kier molecular flexibility index (Phi) is 4.80. The molecule has 1 amide bonds. The molecule has 0 spiro atoms. The molecular weight excluding hydrogens is 271 g/mol. The summed E-state index contributed by atoms with van der Waals surface area (Å²) in [4.78, 5) is 13.7. The first-order valence-electron chi connectivity index (χ1n) is 7.01. The molecule has 1 heterocycles. The number of hydrogen-bond acceptors (Lipinski definition) is 4. The van der Waals surface area contributed by atoms with E-state index in [1.165, 1.54) is 6.07 Å². The van der Waals surface area contributed by atoms with Crippen LogP contribution < -0.4 is 21.3 Å². The third-order valence-corrected chi connectivity index (χ3v) is 3.42. The number of benzene rings is 1. The monoisotopic (exact) mass is 292 g/mol. The van der Waals surface area contributed by atoms with Crippen molar-refractivity contribution in [2.75, 3.05) is 23.3 Å². The van der Waals surface area contributed by atoms with Crippen molar-refractivity contribution in [3.8, 4) is 0 Å². The van der Waals surface area contributed by atoms with E-state index < -0.39 is 6.04 Å². The second-order valence-corrected chi connectivity index (χ2v) is 5.39. The summed E-state index contributed by atoms with van der Waals surface area (Å²) >= 11 is 0. The van der Waals surface area contributed by atoms with Gasteiger partial charge >= 0.3 is 0 Å². The van der Waals surface area contributed by atoms with Crippen LogP contribution in [-0.2, 0) is 4.79 Å². The number of amides is 1. The zero-order chi connectivity index (χ0) is 15.4. The topological polar surface area (TPSA) is 70.4 Å². The van der Waals surface area contributed by atoms with Crippen LogP contribution in [0.5, 0.6) is 0 Å². The minimum atomic E-state index is -0.608. The number of anilines is 2. The van der Waals surface area contributed by atoms with Gasteiger partial charge in [0.15, 0.2) is 0 Å². The molecule has 0 unspecified atom stereocenters. The van der Waals surface area contributed by atoms with Gasteiger partial charge in [-0.05, 0) is 24.1 Å². The number of hydrogen-bond donors (Lipinski definition) is 3. The van der Waals surface area contributed by atoms with Crippen LogP contribution >= 0.6 is 0 Å². The second-order valence-electron chi connectivity index (χ2n) is 5.39. The van der Waals surface area contributed by atoms with Gasteiger partial charge in [-0.2, -0.15) is 0 Å². The molecule has 1 aromatic carbocycles. The lowest BCUT2D eigenvalue weighted by atomic mass is 10.0. The van der Waals surface area contributed by atoms with Crippen molar-refractivity contribution in [1.29, 1.82) is 0 Å². The minimum absolute atomic E-state index is 0.0279. The smallest absolute Gasteiger partial charge is 0.241 e. The maximum Gasteiger partial charge on any atom is 0.241 e. The number of nitrogens with two attached hydrogens (primary N) is 1. The number of nitrogens with one attached hydrogen (secondary N) is 2. The molecule has 21 heavy (non-hydrogen) atoms. The van der Waals surface area contributed by atoms with E-state index in [0.29, 0.717) is 17.9 Å². The number of rotatable bonds is 4. The molecule has 4 N–H and O–H groups in total. The highest BCUT2D eigenvalue weighted by Gasteiger charge is 2.18. The lowest BCUT2D eigenvalue weighted by Gasteiger charge is -2.25. The van der Waals surface area contributed by atoms with Gasteiger partial charge in [0.1, 0.15) is 5.82 Å². The van der Waals surface area contributed by atoms with Crippen LogP contribution in [0.25, 0.3) is 0 Å². The van der Waals surface area contributed by atoms with Crippen molar-refractivity contribution in [3.63, 3.8) is 0 Å². The third-order valence-electron chi connectivity index (χ3n) is 3.42. The van der Waals surface area contributed by atoms with Gasteiger partial charge in [-0.1, -0.05) is 13.8 Å². The highest BCUT2D eigenvalue weighted by Crippen LogP contribution is 2.23. The molecule has 1 aliphatic rings. The molecule has 1 aromatic rings. The summed E-state index contributed by atoms with van der Waals surface area (Å²) in [7, 11) is 0. The Labute approximate surface area is 124 Å². The van der Waals surface area contributed by atoms with E-state index in [0.717, 1.165) is 6.54 Å². The van der Waals surface area contributed by atoms with Crippen molar-refractivity contribution in [3.05, 3.63) is 36.4 Å². The highest BCUT2D eigenvalue weighted by molar-refractivity contribution is 5.95. The first kappa shape index (κ1) is 15.3. The molecule has 0 bridgehead atoms. The molecule has 5 nitrogen and oxygen atoms in total. The average Bonchev–Trinajstić information content (AvgIpc) is 2.47. The molecule has 0 radical (unpaired) electrons. The van der Waals surface area contributed by atoms with Crippen molar-refractivity contribution in [1.82, 2.24) is 5.32 Å². The molecule has 6 heteroatoms. The predicted molar refractivity (Wildman–Crippen MR) is 82.3 cm³/mol. The Morgan fingerprint density at radius 3 is 2.81 bits per heavy atom. The molecule has 0 aromatic heterocycles. The molecule has 114 valence electrons. The van der Waals surface area contributed by atoms with E-state index >= 15 is 0 Å². The van der Waals surface area contributed by atoms with Gasteiger partial charge in [0.2, 0.25) is 5.91 Å². The predicted octanol–water partition coefficient (Wildman–Crippen LogP) is 1.63. The van der Waals surface area contributed by atoms with E-state index in [9.17, 15) is 9.18 Å². The molecule has 0 saturated carbocycles. The zero-order valence-corrected chi connectivity index (χ0v) is 12.3. The van der Waals surface area contributed by atoms with Gasteiger partial charge in [0, 0.05) is 31.2 Å². The largest absolute Gasteiger partial charge is 0.388 e. The molecule has 0 fully saturated rings. The zero-order valence-electron chi connectivity index (χ0n) is 12.3. The molecule has 0 aliphatic carbocycles. The third kappa shape index (κ3) is 3.72. The minimum Gasteiger partial charge on any atom is -0.388 e. The van der Waals surface area contributed by atoms with E-state index in [-0.39, 0.29) is 17.6 Å². The summed E-state index contributed by atoms with van der Waals surface area (Å²) in [6.07, 6.45) is 3.56. The lowest BCUT2D eigenvalue weighted by molar-refractivity contribution is -0.118. The summed E-state index contributed by atoms with van der Waals surface area (Å²) in [5.74, 6) is -0.656. The summed E-state index contributed by atoms with van der Waals surface area (Å²) in [5.41, 5.74) is 6.66. The van der Waals surface area contributed by atoms with Crippen molar-refractivity contribution in [2.24, 2.45) is 11.7 Å². The van der Waals surface area contributed by atoms with Crippen LogP contribution in [0, 0.1) is 11.7 Å². The van der Waals surface area contributed by atoms with Gasteiger partial charge in [0.25, 0.3) is 0 Å². The lowest BCUT2D eigenvalue weighted by Crippen LogP contribution is -2.39. The summed E-state index contributed by atoms with van der Waals surface area (Å²) in [5, 5.41) is 5.69. The molecule has 1 aliphatic heterocycles. The van der Waals surface area contributed by atoms with Crippen LogP contribution in [0.3, 0.4) is 0 Å². The van der Waals surface area contributed by atoms with E-state index in [1.807, 2.05) is 18.7 Å². The summed E-state index contributed by atoms with van der Waals surface area (Å²) < 4.78 is 14.2. The number of carbonyl (C=O) groups is 1. The molecule has 2 rings (SSSR count). The molecule has 1 atom stereocenters. The summed E-state index contributed by atoms with van der Waals surface area (Å²) in [6.45, 7) is 5.18. The number of nitrogens with zero attached hydrogens (tertiary/aromatic N) is 1. The number of carbonyl (C=O) groups excluding carboxylic acids is 1. The second kappa shape index (κ2) is 6.58. The average molecular weight is 292 g/mol. The van der Waals surface area contributed by atoms with Gasteiger partial charge < -0.3 is 21.3 Å². The molecular formula is C15H21FN4O. The fraction of sp³-hybridized carbons (Fsp3) is 0.400. The maximum atomic E-state index is 14.2. The van der Waals surface area contributed by atoms with Crippen molar-refractivity contribution >= 4 is 17.3 Å². The van der Waals surface area contributed by atoms with Gasteiger partial charge in [-0.3, -0.25) is 4.79 Å². The van der Waals surface area contributed by atoms with Gasteiger partial charge in [0.05, 0.1) is 11.7 Å². The van der Waals surface area contributed by atoms with E-state index in [1.54, 1.807) is 24.5 Å². The van der Waals surface area contributed by atoms with Crippen LogP contribution in [-0.4, -0.2) is 25.0 Å². The van der Waals surface area contributed by atoms with Gasteiger partial charge in [-0.15, -0.1) is 0 Å². The Morgan fingerprint density at radius 2 is 2.24 bits per heavy atom. The normalized spacial score (nSPS) is 15.8. The fourth-order valence-electron chi connectivity index (χ4n) is 2.03. The first-order valence-corrected chi connectivity index (χ1v) is 7.01. The summed E-state index contributed by atoms with van der Waals surface area (Å²) in [6, 6.07) is 4.04. The van der Waals surface area contributed by atoms with Crippen LogP contribution in [0.2, 0.25) is 0 Å². The van der Waals surface area contributed by atoms with Crippen LogP contribution in [0.1, 0.15) is 13.8 Å². The highest BCUT2D eigenvalue weighted by atomic mass is 19.1.